The van der Waals surface area contributed by atoms with Crippen molar-refractivity contribution >= 4 is 23.2 Å². The molecule has 2 aromatic rings. The van der Waals surface area contributed by atoms with Gasteiger partial charge in [0.1, 0.15) is 5.71 Å². The number of benzene rings is 1. The van der Waals surface area contributed by atoms with E-state index in [2.05, 4.69) is 37.1 Å². The number of carbonyl (C=O) groups excluding carboxylic acids is 2. The largest absolute Gasteiger partial charge is 0.378 e. The van der Waals surface area contributed by atoms with E-state index in [0.29, 0.717) is 49.9 Å². The first kappa shape index (κ1) is 28.4. The van der Waals surface area contributed by atoms with Crippen LogP contribution in [0.1, 0.15) is 72.5 Å². The first-order valence-corrected chi connectivity index (χ1v) is 14.6. The molecule has 2 amide bonds. The first-order chi connectivity index (χ1) is 19.1. The zero-order chi connectivity index (χ0) is 28.4. The molecular formula is C32H43N5O3. The highest BCUT2D eigenvalue weighted by atomic mass is 16.5. The van der Waals surface area contributed by atoms with E-state index in [1.54, 1.807) is 0 Å². The Morgan fingerprint density at radius 3 is 2.65 bits per heavy atom. The van der Waals surface area contributed by atoms with Gasteiger partial charge >= 0.3 is 0 Å². The number of aromatic nitrogens is 1. The Morgan fingerprint density at radius 1 is 1.15 bits per heavy atom. The van der Waals surface area contributed by atoms with E-state index in [4.69, 9.17) is 14.7 Å². The Labute approximate surface area is 238 Å². The molecule has 5 rings (SSSR count). The average molecular weight is 546 g/mol. The maximum Gasteiger partial charge on any atom is 0.266 e. The minimum atomic E-state index is -0.243. The van der Waals surface area contributed by atoms with Crippen molar-refractivity contribution in [2.45, 2.75) is 58.9 Å². The summed E-state index contributed by atoms with van der Waals surface area (Å²) in [7, 11) is 4.04. The van der Waals surface area contributed by atoms with Gasteiger partial charge in [-0.05, 0) is 87.0 Å². The molecule has 3 heterocycles. The van der Waals surface area contributed by atoms with Gasteiger partial charge in [0, 0.05) is 30.8 Å². The molecule has 8 heteroatoms. The van der Waals surface area contributed by atoms with E-state index in [9.17, 15) is 9.59 Å². The van der Waals surface area contributed by atoms with Gasteiger partial charge < -0.3 is 19.9 Å². The van der Waals surface area contributed by atoms with Crippen LogP contribution < -0.4 is 5.32 Å². The van der Waals surface area contributed by atoms with Gasteiger partial charge in [0.25, 0.3) is 11.8 Å². The van der Waals surface area contributed by atoms with Crippen LogP contribution in [0.3, 0.4) is 0 Å². The van der Waals surface area contributed by atoms with Crippen LogP contribution in [0, 0.1) is 11.3 Å². The number of fused-ring (bicyclic) bond motifs is 2. The van der Waals surface area contributed by atoms with Gasteiger partial charge in [-0.25, -0.2) is 4.99 Å². The van der Waals surface area contributed by atoms with Crippen molar-refractivity contribution in [1.29, 1.82) is 0 Å². The van der Waals surface area contributed by atoms with E-state index in [1.165, 1.54) is 11.3 Å². The Bertz CT molecular complexity index is 1290. The molecule has 8 nitrogen and oxygen atoms in total. The summed E-state index contributed by atoms with van der Waals surface area (Å²) in [6, 6.07) is 9.59. The third-order valence-electron chi connectivity index (χ3n) is 8.52. The predicted octanol–water partition coefficient (Wildman–Crippen LogP) is 4.14. The third kappa shape index (κ3) is 6.44. The first-order valence-electron chi connectivity index (χ1n) is 14.6. The number of morpholine rings is 1. The van der Waals surface area contributed by atoms with Gasteiger partial charge in [-0.1, -0.05) is 32.9 Å². The SMILES string of the molecule is CN(C)CC[C@@H](NC(=O)C1=Nc2cc3c(nc2C1)CC[C@H](C(C)(C)C)C3)c1cccc(C(=O)N2CCOCC2)c1. The van der Waals surface area contributed by atoms with Gasteiger partial charge in [0.2, 0.25) is 0 Å². The number of rotatable bonds is 7. The summed E-state index contributed by atoms with van der Waals surface area (Å²) in [5.41, 5.74) is 6.51. The molecule has 0 radical (unpaired) electrons. The number of nitrogens with one attached hydrogen (secondary N) is 1. The topological polar surface area (TPSA) is 87.1 Å². The summed E-state index contributed by atoms with van der Waals surface area (Å²) in [5, 5.41) is 3.24. The molecule has 1 aromatic carbocycles. The number of amides is 2. The smallest absolute Gasteiger partial charge is 0.266 e. The Hall–Kier alpha value is -3.10. The summed E-state index contributed by atoms with van der Waals surface area (Å²) in [6.45, 7) is 10.0. The maximum atomic E-state index is 13.5. The maximum absolute atomic E-state index is 13.5. The van der Waals surface area contributed by atoms with Crippen LogP contribution in [0.15, 0.2) is 35.3 Å². The van der Waals surface area contributed by atoms with Crippen molar-refractivity contribution in [2.75, 3.05) is 46.9 Å². The van der Waals surface area contributed by atoms with Crippen molar-refractivity contribution in [3.05, 3.63) is 58.4 Å². The highest BCUT2D eigenvalue weighted by Gasteiger charge is 2.32. The van der Waals surface area contributed by atoms with Crippen molar-refractivity contribution in [3.63, 3.8) is 0 Å². The monoisotopic (exact) mass is 545 g/mol. The second-order valence-corrected chi connectivity index (χ2v) is 12.7. The molecule has 2 atom stereocenters. The van der Waals surface area contributed by atoms with Gasteiger partial charge in [-0.15, -0.1) is 0 Å². The van der Waals surface area contributed by atoms with Crippen LogP contribution in [0.2, 0.25) is 0 Å². The summed E-state index contributed by atoms with van der Waals surface area (Å²) in [4.78, 5) is 40.3. The van der Waals surface area contributed by atoms with Gasteiger partial charge in [0.15, 0.2) is 0 Å². The van der Waals surface area contributed by atoms with Crippen molar-refractivity contribution < 1.29 is 14.3 Å². The number of ether oxygens (including phenoxy) is 1. The van der Waals surface area contributed by atoms with Gasteiger partial charge in [-0.3, -0.25) is 14.6 Å². The van der Waals surface area contributed by atoms with Crippen molar-refractivity contribution in [1.82, 2.24) is 20.1 Å². The highest BCUT2D eigenvalue weighted by Crippen LogP contribution is 2.39. The van der Waals surface area contributed by atoms with E-state index in [0.717, 1.165) is 49.2 Å². The lowest BCUT2D eigenvalue weighted by molar-refractivity contribution is -0.115. The number of nitrogens with zero attached hydrogens (tertiary/aromatic N) is 4. The van der Waals surface area contributed by atoms with E-state index < -0.39 is 0 Å². The lowest BCUT2D eigenvalue weighted by Crippen LogP contribution is -2.40. The Kier molecular flexibility index (Phi) is 8.38. The molecule has 1 aromatic heterocycles. The normalized spacial score (nSPS) is 19.6. The number of carbonyl (C=O) groups is 2. The van der Waals surface area contributed by atoms with E-state index in [1.807, 2.05) is 43.3 Å². The van der Waals surface area contributed by atoms with E-state index in [-0.39, 0.29) is 23.3 Å². The summed E-state index contributed by atoms with van der Waals surface area (Å²) in [5.74, 6) is 0.454. The molecule has 214 valence electrons. The molecule has 0 bridgehead atoms. The minimum absolute atomic E-state index is 0.00203. The number of aryl methyl sites for hydroxylation is 1. The van der Waals surface area contributed by atoms with E-state index >= 15 is 0 Å². The quantitative estimate of drug-likeness (QED) is 0.565. The molecule has 1 saturated heterocycles. The molecule has 40 heavy (non-hydrogen) atoms. The summed E-state index contributed by atoms with van der Waals surface area (Å²) >= 11 is 0. The highest BCUT2D eigenvalue weighted by molar-refractivity contribution is 6.40. The fourth-order valence-corrected chi connectivity index (χ4v) is 5.92. The lowest BCUT2D eigenvalue weighted by Gasteiger charge is -2.34. The van der Waals surface area contributed by atoms with Gasteiger partial charge in [0.05, 0.1) is 30.6 Å². The van der Waals surface area contributed by atoms with Crippen LogP contribution in [0.4, 0.5) is 5.69 Å². The molecule has 2 aliphatic heterocycles. The standard InChI is InChI=1S/C32H43N5O3/c1-32(2,3)24-9-10-25-23(18-24)19-27-28(33-25)20-29(34-27)30(38)35-26(11-12-36(4)5)21-7-6-8-22(17-21)31(39)37-13-15-40-16-14-37/h6-8,17,19,24,26H,9-16,18,20H2,1-5H3,(H,35,38)/t24-,26+/m0/s1. The van der Waals surface area contributed by atoms with Crippen LogP contribution in [-0.4, -0.2) is 79.3 Å². The molecule has 0 saturated carbocycles. The Morgan fingerprint density at radius 2 is 1.93 bits per heavy atom. The fraction of sp³-hybridized carbons (Fsp3) is 0.562. The van der Waals surface area contributed by atoms with Crippen LogP contribution in [-0.2, 0) is 28.8 Å². The fourth-order valence-electron chi connectivity index (χ4n) is 5.92. The van der Waals surface area contributed by atoms with Crippen LogP contribution >= 0.6 is 0 Å². The summed E-state index contributed by atoms with van der Waals surface area (Å²) < 4.78 is 5.40. The second kappa shape index (κ2) is 11.8. The Balaban J connectivity index is 1.32. The number of hydrogen-bond acceptors (Lipinski definition) is 6. The zero-order valence-corrected chi connectivity index (χ0v) is 24.6. The molecule has 1 N–H and O–H groups in total. The number of aliphatic imine (C=N–C) groups is 1. The zero-order valence-electron chi connectivity index (χ0n) is 24.6. The number of hydrogen-bond donors (Lipinski definition) is 1. The van der Waals surface area contributed by atoms with Crippen LogP contribution in [0.25, 0.3) is 0 Å². The average Bonchev–Trinajstić information content (AvgIpc) is 3.36. The molecule has 1 fully saturated rings. The predicted molar refractivity (Wildman–Crippen MR) is 157 cm³/mol. The van der Waals surface area contributed by atoms with Crippen molar-refractivity contribution in [3.8, 4) is 0 Å². The van der Waals surface area contributed by atoms with Crippen LogP contribution in [0.5, 0.6) is 0 Å². The van der Waals surface area contributed by atoms with Gasteiger partial charge in [-0.2, -0.15) is 0 Å². The molecule has 0 spiro atoms. The molecule has 0 unspecified atom stereocenters. The van der Waals surface area contributed by atoms with Crippen molar-refractivity contribution in [2.24, 2.45) is 16.3 Å². The molecular weight excluding hydrogens is 502 g/mol. The second-order valence-electron chi connectivity index (χ2n) is 12.7. The minimum Gasteiger partial charge on any atom is -0.378 e. The lowest BCUT2D eigenvalue weighted by atomic mass is 9.71. The third-order valence-corrected chi connectivity index (χ3v) is 8.52. The molecule has 1 aliphatic carbocycles. The molecule has 3 aliphatic rings. The summed E-state index contributed by atoms with van der Waals surface area (Å²) in [6.07, 6.45) is 4.32. The number of pyridine rings is 1.